The molecule has 0 radical (unpaired) electrons. The fourth-order valence-electron chi connectivity index (χ4n) is 1.62. The third kappa shape index (κ3) is 5.45. The molecular weight excluding hydrogens is 232 g/mol. The molecule has 0 spiro atoms. The molecule has 1 aromatic carbocycles. The van der Waals surface area contributed by atoms with Gasteiger partial charge in [0.2, 0.25) is 0 Å². The molecule has 0 aliphatic heterocycles. The van der Waals surface area contributed by atoms with Crippen molar-refractivity contribution >= 4 is 8.80 Å². The van der Waals surface area contributed by atoms with E-state index >= 15 is 0 Å². The topological polar surface area (TPSA) is 38.7 Å². The first-order valence-corrected chi connectivity index (χ1v) is 8.12. The molecule has 3 nitrogen and oxygen atoms in total. The Morgan fingerprint density at radius 3 is 2.47 bits per heavy atom. The molecule has 1 aromatic rings. The minimum Gasteiger partial charge on any atom is -0.390 e. The fraction of sp³-hybridized carbons (Fsp3) is 0.538. The average Bonchev–Trinajstić information content (AvgIpc) is 2.36. The van der Waals surface area contributed by atoms with Gasteiger partial charge >= 0.3 is 8.80 Å². The van der Waals surface area contributed by atoms with Gasteiger partial charge < -0.3 is 13.6 Å². The van der Waals surface area contributed by atoms with Crippen LogP contribution >= 0.6 is 0 Å². The highest BCUT2D eigenvalue weighted by atomic mass is 28.4. The van der Waals surface area contributed by atoms with Crippen molar-refractivity contribution < 1.29 is 13.6 Å². The summed E-state index contributed by atoms with van der Waals surface area (Å²) in [6.07, 6.45) is 3.25. The van der Waals surface area contributed by atoms with E-state index < -0.39 is 8.80 Å². The van der Waals surface area contributed by atoms with Crippen LogP contribution in [0.2, 0.25) is 0 Å². The van der Waals surface area contributed by atoms with Gasteiger partial charge in [-0.1, -0.05) is 50.1 Å². The minimum absolute atomic E-state index is 0.483. The van der Waals surface area contributed by atoms with Crippen LogP contribution in [0.25, 0.3) is 0 Å². The van der Waals surface area contributed by atoms with Crippen molar-refractivity contribution in [3.8, 4) is 0 Å². The lowest BCUT2D eigenvalue weighted by molar-refractivity contribution is 0.118. The zero-order valence-electron chi connectivity index (χ0n) is 10.7. The van der Waals surface area contributed by atoms with Gasteiger partial charge in [-0.3, -0.25) is 0 Å². The van der Waals surface area contributed by atoms with Gasteiger partial charge in [0.1, 0.15) is 0 Å². The Morgan fingerprint density at radius 2 is 1.88 bits per heavy atom. The number of rotatable bonds is 8. The first-order valence-electron chi connectivity index (χ1n) is 6.15. The lowest BCUT2D eigenvalue weighted by Crippen LogP contribution is -2.44. The summed E-state index contributed by atoms with van der Waals surface area (Å²) in [7, 11) is -1.49. The van der Waals surface area contributed by atoms with Crippen LogP contribution in [-0.2, 0) is 14.9 Å². The molecule has 0 saturated heterocycles. The number of hydrogen-bond donors (Lipinski definition) is 1. The highest BCUT2D eigenvalue weighted by molar-refractivity contribution is 6.58. The maximum Gasteiger partial charge on any atom is 0.502 e. The van der Waals surface area contributed by atoms with Crippen molar-refractivity contribution in [1.82, 2.24) is 0 Å². The first-order chi connectivity index (χ1) is 8.20. The number of unbranched alkanes of at least 4 members (excludes halogenated alkanes) is 2. The largest absolute Gasteiger partial charge is 0.502 e. The quantitative estimate of drug-likeness (QED) is 0.572. The molecule has 0 amide bonds. The molecule has 1 rings (SSSR count). The normalized spacial score (nSPS) is 14.5. The first kappa shape index (κ1) is 14.4. The monoisotopic (exact) mass is 254 g/mol. The Balaban J connectivity index is 2.45. The van der Waals surface area contributed by atoms with Crippen molar-refractivity contribution in [3.63, 3.8) is 0 Å². The molecule has 96 valence electrons. The van der Waals surface area contributed by atoms with Gasteiger partial charge in [0.25, 0.3) is 0 Å². The minimum atomic E-state index is -3.01. The maximum atomic E-state index is 10.3. The Bertz CT molecular complexity index is 305. The van der Waals surface area contributed by atoms with Crippen LogP contribution in [0, 0.1) is 0 Å². The van der Waals surface area contributed by atoms with E-state index in [1.54, 1.807) is 0 Å². The molecule has 0 saturated carbocycles. The van der Waals surface area contributed by atoms with Crippen LogP contribution in [0.1, 0.15) is 31.7 Å². The Hall–Kier alpha value is -0.683. The highest BCUT2D eigenvalue weighted by Crippen LogP contribution is 2.12. The van der Waals surface area contributed by atoms with Gasteiger partial charge in [-0.2, -0.15) is 0 Å². The van der Waals surface area contributed by atoms with Crippen molar-refractivity contribution in [3.05, 3.63) is 35.9 Å². The maximum absolute atomic E-state index is 10.3. The molecule has 0 bridgehead atoms. The lowest BCUT2D eigenvalue weighted by atomic mass is 10.2. The van der Waals surface area contributed by atoms with E-state index in [2.05, 4.69) is 6.92 Å². The van der Waals surface area contributed by atoms with Crippen LogP contribution in [0.5, 0.6) is 0 Å². The molecule has 0 aromatic heterocycles. The summed E-state index contributed by atoms with van der Waals surface area (Å²) < 4.78 is 10.8. The smallest absolute Gasteiger partial charge is 0.390 e. The summed E-state index contributed by atoms with van der Waals surface area (Å²) in [6.45, 7) is 2.72. The van der Waals surface area contributed by atoms with Gasteiger partial charge in [0.05, 0.1) is 0 Å². The van der Waals surface area contributed by atoms with E-state index in [9.17, 15) is 4.80 Å². The molecule has 0 fully saturated rings. The van der Waals surface area contributed by atoms with Gasteiger partial charge in [0.15, 0.2) is 0 Å². The Morgan fingerprint density at radius 1 is 1.18 bits per heavy atom. The second kappa shape index (κ2) is 7.61. The molecular formula is C13H22O3Si. The SMILES string of the molecule is CCCCCO[Si](O)(Cc1ccccc1)OC. The molecule has 0 aliphatic rings. The van der Waals surface area contributed by atoms with Crippen LogP contribution in [-0.4, -0.2) is 27.3 Å². The molecule has 1 atom stereocenters. The summed E-state index contributed by atoms with van der Waals surface area (Å²) in [5.41, 5.74) is 1.05. The van der Waals surface area contributed by atoms with Crippen molar-refractivity contribution in [2.24, 2.45) is 0 Å². The third-order valence-electron chi connectivity index (χ3n) is 2.66. The van der Waals surface area contributed by atoms with Gasteiger partial charge in [-0.05, 0) is 12.0 Å². The van der Waals surface area contributed by atoms with Crippen molar-refractivity contribution in [2.75, 3.05) is 13.7 Å². The van der Waals surface area contributed by atoms with Crippen LogP contribution in [0.4, 0.5) is 0 Å². The van der Waals surface area contributed by atoms with Gasteiger partial charge in [-0.25, -0.2) is 0 Å². The van der Waals surface area contributed by atoms with Gasteiger partial charge in [0, 0.05) is 19.8 Å². The predicted molar refractivity (Wildman–Crippen MR) is 70.6 cm³/mol. The highest BCUT2D eigenvalue weighted by Gasteiger charge is 2.35. The molecule has 1 unspecified atom stereocenters. The van der Waals surface area contributed by atoms with E-state index in [1.165, 1.54) is 7.11 Å². The summed E-state index contributed by atoms with van der Waals surface area (Å²) in [5.74, 6) is 0. The van der Waals surface area contributed by atoms with E-state index in [0.29, 0.717) is 12.7 Å². The van der Waals surface area contributed by atoms with E-state index in [4.69, 9.17) is 8.85 Å². The molecule has 17 heavy (non-hydrogen) atoms. The zero-order chi connectivity index (χ0) is 12.6. The second-order valence-corrected chi connectivity index (χ2v) is 6.61. The summed E-state index contributed by atoms with van der Waals surface area (Å²) in [5, 5.41) is 0. The number of benzene rings is 1. The molecule has 1 N–H and O–H groups in total. The van der Waals surface area contributed by atoms with E-state index in [-0.39, 0.29) is 0 Å². The predicted octanol–water partition coefficient (Wildman–Crippen LogP) is 2.55. The van der Waals surface area contributed by atoms with Crippen molar-refractivity contribution in [2.45, 2.75) is 32.2 Å². The average molecular weight is 254 g/mol. The van der Waals surface area contributed by atoms with Crippen LogP contribution in [0.3, 0.4) is 0 Å². The van der Waals surface area contributed by atoms with E-state index in [0.717, 1.165) is 24.8 Å². The van der Waals surface area contributed by atoms with Crippen molar-refractivity contribution in [1.29, 1.82) is 0 Å². The summed E-state index contributed by atoms with van der Waals surface area (Å²) in [4.78, 5) is 10.3. The van der Waals surface area contributed by atoms with Gasteiger partial charge in [-0.15, -0.1) is 0 Å². The number of hydrogen-bond acceptors (Lipinski definition) is 3. The molecule has 4 heteroatoms. The Kier molecular flexibility index (Phi) is 6.43. The molecule has 0 aliphatic carbocycles. The van der Waals surface area contributed by atoms with Crippen LogP contribution in [0.15, 0.2) is 30.3 Å². The van der Waals surface area contributed by atoms with E-state index in [1.807, 2.05) is 30.3 Å². The summed E-state index contributed by atoms with van der Waals surface area (Å²) in [6, 6.07) is 10.3. The molecule has 0 heterocycles. The fourth-order valence-corrected chi connectivity index (χ4v) is 3.20. The van der Waals surface area contributed by atoms with Crippen LogP contribution < -0.4 is 0 Å². The summed E-state index contributed by atoms with van der Waals surface area (Å²) >= 11 is 0. The zero-order valence-corrected chi connectivity index (χ0v) is 11.7. The lowest BCUT2D eigenvalue weighted by Gasteiger charge is -2.22. The Labute approximate surface area is 105 Å². The standard InChI is InChI=1S/C13H22O3Si/c1-3-4-8-11-16-17(14,15-2)12-13-9-6-5-7-10-13/h5-7,9-10,14H,3-4,8,11-12H2,1-2H3. The second-order valence-electron chi connectivity index (χ2n) is 4.13. The third-order valence-corrected chi connectivity index (χ3v) is 4.81.